The third-order valence-electron chi connectivity index (χ3n) is 2.13. The van der Waals surface area contributed by atoms with Crippen LogP contribution in [0.3, 0.4) is 0 Å². The van der Waals surface area contributed by atoms with Crippen LogP contribution >= 0.6 is 31.9 Å². The van der Waals surface area contributed by atoms with Gasteiger partial charge < -0.3 is 5.43 Å². The maximum absolute atomic E-state index is 5.09. The minimum Gasteiger partial charge on any atom is -0.308 e. The summed E-state index contributed by atoms with van der Waals surface area (Å²) in [6, 6.07) is 7.48. The second kappa shape index (κ2) is 7.93. The third kappa shape index (κ3) is 4.55. The van der Waals surface area contributed by atoms with Gasteiger partial charge in [-0.15, -0.1) is 10.2 Å². The molecule has 0 aromatic carbocycles. The monoisotopic (exact) mass is 400 g/mol. The molecule has 3 aromatic rings. The molecule has 0 aliphatic heterocycles. The lowest BCUT2D eigenvalue weighted by molar-refractivity contribution is 1.10. The van der Waals surface area contributed by atoms with Crippen molar-refractivity contribution < 1.29 is 0 Å². The molecule has 3 rings (SSSR count). The Morgan fingerprint density at radius 1 is 1.15 bits per heavy atom. The molecule has 20 heavy (non-hydrogen) atoms. The molecular formula is C12H14Br2N6. The van der Waals surface area contributed by atoms with Crippen molar-refractivity contribution in [2.24, 2.45) is 5.84 Å². The number of rotatable bonds is 1. The zero-order chi connectivity index (χ0) is 13.7. The normalized spacial score (nSPS) is 9.35. The largest absolute Gasteiger partial charge is 0.308 e. The molecule has 106 valence electrons. The molecule has 3 heterocycles. The topological polar surface area (TPSA) is 81.1 Å². The zero-order valence-electron chi connectivity index (χ0n) is 9.66. The summed E-state index contributed by atoms with van der Waals surface area (Å²) in [5.41, 5.74) is 3.28. The quantitative estimate of drug-likeness (QED) is 0.483. The Bertz CT molecular complexity index is 670. The molecular weight excluding hydrogens is 388 g/mol. The molecule has 0 amide bonds. The fourth-order valence-electron chi connectivity index (χ4n) is 1.28. The predicted molar refractivity (Wildman–Crippen MR) is 87.2 cm³/mol. The van der Waals surface area contributed by atoms with Crippen LogP contribution in [0, 0.1) is 0 Å². The summed E-state index contributed by atoms with van der Waals surface area (Å²) in [7, 11) is 0. The van der Waals surface area contributed by atoms with Gasteiger partial charge in [-0.25, -0.2) is 10.8 Å². The molecule has 0 fully saturated rings. The third-order valence-corrected chi connectivity index (χ3v) is 3.12. The number of aromatic nitrogens is 4. The summed E-state index contributed by atoms with van der Waals surface area (Å²) in [5, 5.41) is 7.60. The van der Waals surface area contributed by atoms with Gasteiger partial charge in [0.05, 0.1) is 0 Å². The van der Waals surface area contributed by atoms with E-state index >= 15 is 0 Å². The van der Waals surface area contributed by atoms with Gasteiger partial charge in [-0.2, -0.15) is 0 Å². The van der Waals surface area contributed by atoms with Crippen molar-refractivity contribution in [3.8, 4) is 0 Å². The van der Waals surface area contributed by atoms with Crippen LogP contribution in [0.1, 0.15) is 7.43 Å². The second-order valence-electron chi connectivity index (χ2n) is 3.45. The van der Waals surface area contributed by atoms with Crippen LogP contribution in [0.2, 0.25) is 0 Å². The molecule has 0 unspecified atom stereocenters. The highest BCUT2D eigenvalue weighted by atomic mass is 79.9. The van der Waals surface area contributed by atoms with Crippen LogP contribution in [-0.2, 0) is 0 Å². The minimum atomic E-state index is 0. The van der Waals surface area contributed by atoms with Gasteiger partial charge in [0.15, 0.2) is 5.65 Å². The standard InChI is InChI=1S/C6H4BrN3.C5H6BrN3.CH4/c7-5-1-2-10-4-8-9-6(10)3-5;6-4-1-2-8-5(3-4)9-7;/h1-4H;1-3H,7H2,(H,8,9);1H4. The first-order valence-electron chi connectivity index (χ1n) is 5.22. The van der Waals surface area contributed by atoms with Crippen molar-refractivity contribution in [1.29, 1.82) is 0 Å². The highest BCUT2D eigenvalue weighted by Crippen LogP contribution is 2.11. The highest BCUT2D eigenvalue weighted by Gasteiger charge is 1.92. The molecule has 6 nitrogen and oxygen atoms in total. The Balaban J connectivity index is 0.000000192. The molecule has 0 radical (unpaired) electrons. The summed E-state index contributed by atoms with van der Waals surface area (Å²) in [6.45, 7) is 0. The molecule has 0 saturated heterocycles. The van der Waals surface area contributed by atoms with Crippen LogP contribution in [0.15, 0.2) is 51.9 Å². The molecule has 3 aromatic heterocycles. The Morgan fingerprint density at radius 3 is 2.55 bits per heavy atom. The minimum absolute atomic E-state index is 0. The molecule has 0 bridgehead atoms. The zero-order valence-corrected chi connectivity index (χ0v) is 12.8. The summed E-state index contributed by atoms with van der Waals surface area (Å²) in [5.74, 6) is 5.74. The van der Waals surface area contributed by atoms with E-state index in [1.807, 2.05) is 28.8 Å². The van der Waals surface area contributed by atoms with Crippen molar-refractivity contribution in [3.63, 3.8) is 0 Å². The number of nitrogens with two attached hydrogens (primary N) is 1. The number of nitrogens with zero attached hydrogens (tertiary/aromatic N) is 4. The number of nitrogens with one attached hydrogen (secondary N) is 1. The lowest BCUT2D eigenvalue weighted by Gasteiger charge is -1.95. The Kier molecular flexibility index (Phi) is 6.56. The SMILES string of the molecule is Brc1ccn2cnnc2c1.C.NNc1cc(Br)ccn1. The number of hydrazine groups is 1. The van der Waals surface area contributed by atoms with E-state index in [9.17, 15) is 0 Å². The smallest absolute Gasteiger partial charge is 0.161 e. The Morgan fingerprint density at radius 2 is 1.90 bits per heavy atom. The van der Waals surface area contributed by atoms with Gasteiger partial charge in [0, 0.05) is 21.3 Å². The molecule has 0 aliphatic rings. The fraction of sp³-hybridized carbons (Fsp3) is 0.0833. The lowest BCUT2D eigenvalue weighted by atomic mass is 10.5. The number of hydrogen-bond acceptors (Lipinski definition) is 5. The van der Waals surface area contributed by atoms with Gasteiger partial charge >= 0.3 is 0 Å². The summed E-state index contributed by atoms with van der Waals surface area (Å²) < 4.78 is 3.84. The van der Waals surface area contributed by atoms with Crippen molar-refractivity contribution >= 4 is 43.3 Å². The predicted octanol–water partition coefficient (Wildman–Crippen LogP) is 3.26. The van der Waals surface area contributed by atoms with E-state index in [0.717, 1.165) is 14.6 Å². The fourth-order valence-corrected chi connectivity index (χ4v) is 1.93. The van der Waals surface area contributed by atoms with Gasteiger partial charge in [-0.05, 0) is 24.3 Å². The maximum Gasteiger partial charge on any atom is 0.161 e. The van der Waals surface area contributed by atoms with Crippen LogP contribution < -0.4 is 11.3 Å². The number of pyridine rings is 2. The maximum atomic E-state index is 5.09. The molecule has 0 spiro atoms. The Labute approximate surface area is 133 Å². The van der Waals surface area contributed by atoms with Crippen LogP contribution in [0.4, 0.5) is 5.82 Å². The molecule has 0 saturated carbocycles. The van der Waals surface area contributed by atoms with Crippen LogP contribution in [0.25, 0.3) is 5.65 Å². The van der Waals surface area contributed by atoms with E-state index in [0.29, 0.717) is 5.82 Å². The number of anilines is 1. The van der Waals surface area contributed by atoms with Gasteiger partial charge in [0.1, 0.15) is 12.1 Å². The van der Waals surface area contributed by atoms with E-state index in [-0.39, 0.29) is 7.43 Å². The van der Waals surface area contributed by atoms with Crippen LogP contribution in [0.5, 0.6) is 0 Å². The second-order valence-corrected chi connectivity index (χ2v) is 5.28. The molecule has 0 aliphatic carbocycles. The van der Waals surface area contributed by atoms with Gasteiger partial charge in [-0.1, -0.05) is 39.3 Å². The first-order valence-corrected chi connectivity index (χ1v) is 6.80. The van der Waals surface area contributed by atoms with Gasteiger partial charge in [-0.3, -0.25) is 4.40 Å². The van der Waals surface area contributed by atoms with Crippen molar-refractivity contribution in [1.82, 2.24) is 19.6 Å². The van der Waals surface area contributed by atoms with Crippen molar-refractivity contribution in [2.45, 2.75) is 7.43 Å². The van der Waals surface area contributed by atoms with Crippen molar-refractivity contribution in [3.05, 3.63) is 51.9 Å². The van der Waals surface area contributed by atoms with E-state index < -0.39 is 0 Å². The highest BCUT2D eigenvalue weighted by molar-refractivity contribution is 9.10. The summed E-state index contributed by atoms with van der Waals surface area (Å²) in [6.07, 6.45) is 5.24. The first kappa shape index (κ1) is 16.5. The van der Waals surface area contributed by atoms with Gasteiger partial charge in [0.25, 0.3) is 0 Å². The number of fused-ring (bicyclic) bond motifs is 1. The summed E-state index contributed by atoms with van der Waals surface area (Å²) in [4.78, 5) is 3.89. The van der Waals surface area contributed by atoms with E-state index in [2.05, 4.69) is 52.5 Å². The number of halogens is 2. The van der Waals surface area contributed by atoms with Gasteiger partial charge in [0.2, 0.25) is 0 Å². The average Bonchev–Trinajstić information content (AvgIpc) is 2.86. The average molecular weight is 402 g/mol. The molecule has 3 N–H and O–H groups in total. The van der Waals surface area contributed by atoms with E-state index in [1.54, 1.807) is 18.6 Å². The number of nitrogen functional groups attached to an aromatic ring is 1. The van der Waals surface area contributed by atoms with Crippen LogP contribution in [-0.4, -0.2) is 19.6 Å². The summed E-state index contributed by atoms with van der Waals surface area (Å²) >= 11 is 6.60. The van der Waals surface area contributed by atoms with Crippen molar-refractivity contribution in [2.75, 3.05) is 5.43 Å². The lowest BCUT2D eigenvalue weighted by Crippen LogP contribution is -2.07. The number of hydrogen-bond donors (Lipinski definition) is 2. The Hall–Kier alpha value is -1.51. The first-order chi connectivity index (χ1) is 9.19. The van der Waals surface area contributed by atoms with E-state index in [4.69, 9.17) is 5.84 Å². The van der Waals surface area contributed by atoms with E-state index in [1.165, 1.54) is 0 Å². The molecule has 0 atom stereocenters. The molecule has 8 heteroatoms.